The summed E-state index contributed by atoms with van der Waals surface area (Å²) in [6, 6.07) is 20.4. The Kier molecular flexibility index (Phi) is 3.09. The highest BCUT2D eigenvalue weighted by atomic mass is 32.2. The third kappa shape index (κ3) is 2.06. The minimum Gasteiger partial charge on any atom is -0.505 e. The van der Waals surface area contributed by atoms with Crippen molar-refractivity contribution >= 4 is 22.4 Å². The van der Waals surface area contributed by atoms with Crippen LogP contribution in [0, 0.1) is 6.92 Å². The van der Waals surface area contributed by atoms with Crippen molar-refractivity contribution in [2.24, 2.45) is 0 Å². The van der Waals surface area contributed by atoms with Crippen LogP contribution in [0.1, 0.15) is 16.8 Å². The summed E-state index contributed by atoms with van der Waals surface area (Å²) in [4.78, 5) is 2.04. The molecule has 108 valence electrons. The fourth-order valence-corrected chi connectivity index (χ4v) is 3.82. The second-order valence-electron chi connectivity index (χ2n) is 5.38. The van der Waals surface area contributed by atoms with Gasteiger partial charge in [0.1, 0.15) is 0 Å². The van der Waals surface area contributed by atoms with Crippen LogP contribution >= 0.6 is 11.8 Å². The number of benzene rings is 2. The molecule has 0 unspecified atom stereocenters. The largest absolute Gasteiger partial charge is 0.505 e. The highest BCUT2D eigenvalue weighted by molar-refractivity contribution is 8.08. The van der Waals surface area contributed by atoms with Gasteiger partial charge < -0.3 is 9.67 Å². The van der Waals surface area contributed by atoms with Crippen LogP contribution in [0.25, 0.3) is 16.4 Å². The van der Waals surface area contributed by atoms with Crippen LogP contribution in [0.2, 0.25) is 0 Å². The quantitative estimate of drug-likeness (QED) is 0.662. The fourth-order valence-electron chi connectivity index (χ4n) is 2.75. The summed E-state index contributed by atoms with van der Waals surface area (Å²) in [5.74, 6) is 0.329. The molecule has 0 amide bonds. The molecule has 2 aromatic carbocycles. The molecule has 0 bridgehead atoms. The lowest BCUT2D eigenvalue weighted by Crippen LogP contribution is -1.98. The zero-order valence-electron chi connectivity index (χ0n) is 12.2. The van der Waals surface area contributed by atoms with E-state index in [1.165, 1.54) is 5.56 Å². The molecule has 0 fully saturated rings. The summed E-state index contributed by atoms with van der Waals surface area (Å²) in [7, 11) is 0. The Bertz CT molecular complexity index is 877. The standard InChI is InChI=1S/C19H15NOS/c1-13-9-10-17-16(12-13)20-11-5-8-15(20)18(21)19(22-17)14-6-3-2-4-7-14/h2-12,21H,1H3. The maximum atomic E-state index is 10.8. The normalized spacial score (nSPS) is 13.5. The molecule has 0 saturated heterocycles. The molecule has 0 aliphatic carbocycles. The fraction of sp³-hybridized carbons (Fsp3) is 0.0526. The summed E-state index contributed by atoms with van der Waals surface area (Å²) in [5, 5.41) is 10.8. The lowest BCUT2D eigenvalue weighted by atomic mass is 10.1. The molecule has 2 nitrogen and oxygen atoms in total. The highest BCUT2D eigenvalue weighted by Crippen LogP contribution is 2.44. The van der Waals surface area contributed by atoms with Crippen molar-refractivity contribution in [3.05, 3.63) is 83.7 Å². The average molecular weight is 305 g/mol. The number of hydrogen-bond acceptors (Lipinski definition) is 2. The number of aromatic nitrogens is 1. The van der Waals surface area contributed by atoms with E-state index in [0.717, 1.165) is 26.7 Å². The van der Waals surface area contributed by atoms with Crippen molar-refractivity contribution in [1.29, 1.82) is 0 Å². The lowest BCUT2D eigenvalue weighted by Gasteiger charge is -2.10. The van der Waals surface area contributed by atoms with E-state index in [9.17, 15) is 5.11 Å². The van der Waals surface area contributed by atoms with Crippen LogP contribution in [-0.2, 0) is 0 Å². The summed E-state index contributed by atoms with van der Waals surface area (Å²) >= 11 is 1.62. The molecule has 22 heavy (non-hydrogen) atoms. The Morgan fingerprint density at radius 1 is 0.955 bits per heavy atom. The molecule has 1 aliphatic heterocycles. The van der Waals surface area contributed by atoms with Crippen LogP contribution in [-0.4, -0.2) is 9.67 Å². The van der Waals surface area contributed by atoms with E-state index < -0.39 is 0 Å². The maximum Gasteiger partial charge on any atom is 0.154 e. The van der Waals surface area contributed by atoms with Crippen molar-refractivity contribution in [2.75, 3.05) is 0 Å². The van der Waals surface area contributed by atoms with E-state index >= 15 is 0 Å². The zero-order valence-corrected chi connectivity index (χ0v) is 13.0. The number of thioether (sulfide) groups is 1. The molecular weight excluding hydrogens is 290 g/mol. The van der Waals surface area contributed by atoms with Crippen LogP contribution in [0.3, 0.4) is 0 Å². The van der Waals surface area contributed by atoms with Crippen LogP contribution in [0.15, 0.2) is 71.8 Å². The average Bonchev–Trinajstić information content (AvgIpc) is 2.99. The van der Waals surface area contributed by atoms with Gasteiger partial charge in [0, 0.05) is 11.1 Å². The van der Waals surface area contributed by atoms with Gasteiger partial charge >= 0.3 is 0 Å². The van der Waals surface area contributed by atoms with Gasteiger partial charge in [0.05, 0.1) is 16.3 Å². The molecule has 3 aromatic rings. The van der Waals surface area contributed by atoms with E-state index in [4.69, 9.17) is 0 Å². The van der Waals surface area contributed by atoms with Crippen molar-refractivity contribution in [3.8, 4) is 5.69 Å². The first-order valence-electron chi connectivity index (χ1n) is 7.19. The summed E-state index contributed by atoms with van der Waals surface area (Å²) < 4.78 is 2.06. The number of aliphatic hydroxyl groups is 1. The number of aryl methyl sites for hydroxylation is 1. The third-order valence-corrected chi connectivity index (χ3v) is 5.03. The van der Waals surface area contributed by atoms with Crippen molar-refractivity contribution in [3.63, 3.8) is 0 Å². The first-order valence-corrected chi connectivity index (χ1v) is 8.01. The van der Waals surface area contributed by atoms with Gasteiger partial charge in [0.25, 0.3) is 0 Å². The minimum atomic E-state index is 0.329. The second kappa shape index (κ2) is 5.11. The summed E-state index contributed by atoms with van der Waals surface area (Å²) in [5.41, 5.74) is 4.19. The molecule has 3 heteroatoms. The first-order chi connectivity index (χ1) is 10.7. The molecule has 0 spiro atoms. The SMILES string of the molecule is Cc1ccc2c(c1)-n1cccc1C(O)=C(c1ccccc1)S2. The molecule has 4 rings (SSSR count). The van der Waals surface area contributed by atoms with Crippen LogP contribution in [0.5, 0.6) is 0 Å². The van der Waals surface area contributed by atoms with Gasteiger partial charge in [-0.25, -0.2) is 0 Å². The Balaban J connectivity index is 2.00. The Hall–Kier alpha value is -2.39. The van der Waals surface area contributed by atoms with E-state index in [1.54, 1.807) is 11.8 Å². The summed E-state index contributed by atoms with van der Waals surface area (Å²) in [6.07, 6.45) is 2.00. The molecule has 0 atom stereocenters. The molecule has 1 aliphatic rings. The topological polar surface area (TPSA) is 25.2 Å². The molecule has 1 N–H and O–H groups in total. The molecule has 0 radical (unpaired) electrons. The summed E-state index contributed by atoms with van der Waals surface area (Å²) in [6.45, 7) is 2.09. The van der Waals surface area contributed by atoms with Gasteiger partial charge in [-0.05, 0) is 42.3 Å². The van der Waals surface area contributed by atoms with Gasteiger partial charge in [-0.1, -0.05) is 48.2 Å². The van der Waals surface area contributed by atoms with E-state index in [-0.39, 0.29) is 0 Å². The first kappa shape index (κ1) is 13.3. The minimum absolute atomic E-state index is 0.329. The smallest absolute Gasteiger partial charge is 0.154 e. The van der Waals surface area contributed by atoms with E-state index in [1.807, 2.05) is 48.7 Å². The third-order valence-electron chi connectivity index (χ3n) is 3.83. The Morgan fingerprint density at radius 3 is 2.59 bits per heavy atom. The number of rotatable bonds is 1. The van der Waals surface area contributed by atoms with Crippen LogP contribution in [0.4, 0.5) is 0 Å². The maximum absolute atomic E-state index is 10.8. The highest BCUT2D eigenvalue weighted by Gasteiger charge is 2.22. The number of aliphatic hydroxyl groups excluding tert-OH is 1. The zero-order chi connectivity index (χ0) is 15.1. The molecule has 2 heterocycles. The Morgan fingerprint density at radius 2 is 1.77 bits per heavy atom. The Labute approximate surface area is 133 Å². The van der Waals surface area contributed by atoms with Crippen molar-refractivity contribution < 1.29 is 5.11 Å². The van der Waals surface area contributed by atoms with Gasteiger partial charge in [-0.2, -0.15) is 0 Å². The second-order valence-corrected chi connectivity index (χ2v) is 6.43. The van der Waals surface area contributed by atoms with Gasteiger partial charge in [-0.15, -0.1) is 0 Å². The lowest BCUT2D eigenvalue weighted by molar-refractivity contribution is 0.510. The van der Waals surface area contributed by atoms with Crippen molar-refractivity contribution in [2.45, 2.75) is 11.8 Å². The predicted molar refractivity (Wildman–Crippen MR) is 92.2 cm³/mol. The monoisotopic (exact) mass is 305 g/mol. The van der Waals surface area contributed by atoms with Crippen molar-refractivity contribution in [1.82, 2.24) is 4.57 Å². The van der Waals surface area contributed by atoms with Gasteiger partial charge in [0.15, 0.2) is 5.76 Å². The van der Waals surface area contributed by atoms with E-state index in [0.29, 0.717) is 5.76 Å². The molecule has 0 saturated carbocycles. The number of fused-ring (bicyclic) bond motifs is 3. The molecule has 1 aromatic heterocycles. The van der Waals surface area contributed by atoms with E-state index in [2.05, 4.69) is 29.7 Å². The van der Waals surface area contributed by atoms with Crippen LogP contribution < -0.4 is 0 Å². The van der Waals surface area contributed by atoms with Gasteiger partial charge in [-0.3, -0.25) is 0 Å². The number of hydrogen-bond donors (Lipinski definition) is 1. The van der Waals surface area contributed by atoms with Gasteiger partial charge in [0.2, 0.25) is 0 Å². The number of nitrogens with zero attached hydrogens (tertiary/aromatic N) is 1. The molecular formula is C19H15NOS. The predicted octanol–water partition coefficient (Wildman–Crippen LogP) is 5.28.